The molecular formula is H9AlBaCaMg. The Morgan fingerprint density at radius 2 is 1.25 bits per heavy atom. The predicted molar refractivity (Wildman–Crippen MR) is 33.9 cm³/mol. The second-order valence-electron chi connectivity index (χ2n) is 0. The minimum absolute atomic E-state index is 0. The van der Waals surface area contributed by atoms with Gasteiger partial charge in [-0.3, -0.25) is 0 Å². The molecule has 18 valence electrons. The third kappa shape index (κ3) is 9.46. The van der Waals surface area contributed by atoms with Gasteiger partial charge in [-0.05, 0) is 0 Å². The van der Waals surface area contributed by atoms with Gasteiger partial charge in [0.1, 0.15) is 0 Å². The maximum atomic E-state index is 0. The Bertz CT molecular complexity index is 17.7. The molecule has 4 heteroatoms. The fourth-order valence-electron chi connectivity index (χ4n) is 0. The number of hydrogen-bond acceptors (Lipinski definition) is 0. The summed E-state index contributed by atoms with van der Waals surface area (Å²) in [7, 11) is 0. The zero-order chi connectivity index (χ0) is 0. The quantitative estimate of drug-likeness (QED) is 0.443. The average molecular weight is 238 g/mol. The molecule has 0 saturated carbocycles. The van der Waals surface area contributed by atoms with E-state index in [2.05, 4.69) is 0 Å². The third-order valence-corrected chi connectivity index (χ3v) is 0. The first-order valence-corrected chi connectivity index (χ1v) is 0. The van der Waals surface area contributed by atoms with Crippen molar-refractivity contribution in [2.45, 2.75) is 0 Å². The van der Waals surface area contributed by atoms with Gasteiger partial charge in [0.15, 0.2) is 17.4 Å². The van der Waals surface area contributed by atoms with Gasteiger partial charge < -0.3 is 8.56 Å². The third-order valence-electron chi connectivity index (χ3n) is 0. The monoisotopic (exact) mass is 238 g/mol. The molecule has 0 aromatic rings. The molecule has 0 unspecified atom stereocenters. The van der Waals surface area contributed by atoms with Crippen LogP contribution in [-0.4, -0.2) is 127 Å². The molecule has 0 spiro atoms. The second-order valence-corrected chi connectivity index (χ2v) is 0. The molecule has 0 N–H and O–H groups in total. The average Bonchev–Trinajstić information content (AvgIpc) is 0. The molecule has 0 aliphatic heterocycles. The summed E-state index contributed by atoms with van der Waals surface area (Å²) >= 11 is 0. The largest absolute Gasteiger partial charge is 2.00 e. The van der Waals surface area contributed by atoms with Crippen molar-refractivity contribution in [3.63, 3.8) is 0 Å². The normalized spacial score (nSPS) is 0. The molecule has 0 aliphatic carbocycles. The van der Waals surface area contributed by atoms with E-state index in [1.54, 1.807) is 0 Å². The summed E-state index contributed by atoms with van der Waals surface area (Å²) < 4.78 is 0. The fourth-order valence-corrected chi connectivity index (χ4v) is 0. The number of rotatable bonds is 0. The summed E-state index contributed by atoms with van der Waals surface area (Å²) in [6, 6.07) is 0. The van der Waals surface area contributed by atoms with Crippen molar-refractivity contribution < 1.29 is 8.56 Å². The minimum Gasteiger partial charge on any atom is -1.00 e. The molecule has 0 aliphatic rings. The van der Waals surface area contributed by atoms with Crippen molar-refractivity contribution in [1.82, 2.24) is 0 Å². The van der Waals surface area contributed by atoms with E-state index in [-0.39, 0.29) is 136 Å². The molecule has 0 heterocycles. The van der Waals surface area contributed by atoms with Crippen LogP contribution in [0.1, 0.15) is 8.56 Å². The van der Waals surface area contributed by atoms with Gasteiger partial charge >= 0.3 is 110 Å². The summed E-state index contributed by atoms with van der Waals surface area (Å²) in [6.07, 6.45) is 0. The van der Waals surface area contributed by atoms with Crippen LogP contribution in [0.2, 0.25) is 0 Å². The molecule has 0 saturated heterocycles. The van der Waals surface area contributed by atoms with Gasteiger partial charge in [-0.1, -0.05) is 0 Å². The minimum atomic E-state index is 0. The van der Waals surface area contributed by atoms with Gasteiger partial charge in [0.05, 0.1) is 0 Å². The first-order chi connectivity index (χ1) is 0. The van der Waals surface area contributed by atoms with E-state index >= 15 is 0 Å². The van der Waals surface area contributed by atoms with Crippen LogP contribution in [0.25, 0.3) is 0 Å². The SMILES string of the molecule is [AlH3].[Ba+2].[Ca+2].[H-].[H-].[H-].[H-].[H-].[H-].[Mg+2]. The Kier molecular flexibility index (Phi) is 95.2. The Balaban J connectivity index is 0. The van der Waals surface area contributed by atoms with E-state index in [0.717, 1.165) is 0 Å². The van der Waals surface area contributed by atoms with Crippen LogP contribution in [0.3, 0.4) is 0 Å². The van der Waals surface area contributed by atoms with Crippen LogP contribution in [0.4, 0.5) is 0 Å². The zero-order valence-corrected chi connectivity index (χ0v) is 10.2. The fraction of sp³-hybridized carbons (Fsp3) is 0. The summed E-state index contributed by atoms with van der Waals surface area (Å²) in [6.45, 7) is 0. The first-order valence-electron chi connectivity index (χ1n) is 0. The van der Waals surface area contributed by atoms with Crippen molar-refractivity contribution in [2.75, 3.05) is 0 Å². The van der Waals surface area contributed by atoms with E-state index in [9.17, 15) is 0 Å². The van der Waals surface area contributed by atoms with Gasteiger partial charge in [0.2, 0.25) is 0 Å². The molecule has 0 fully saturated rings. The van der Waals surface area contributed by atoms with E-state index < -0.39 is 0 Å². The summed E-state index contributed by atoms with van der Waals surface area (Å²) in [5, 5.41) is 0. The maximum absolute atomic E-state index is 0. The van der Waals surface area contributed by atoms with Gasteiger partial charge in [0, 0.05) is 0 Å². The van der Waals surface area contributed by atoms with E-state index in [0.29, 0.717) is 0 Å². The Labute approximate surface area is 132 Å². The smallest absolute Gasteiger partial charge is 1.00 e. The molecule has 0 rings (SSSR count). The molecule has 0 amide bonds. The standard InChI is InChI=1S/Al.Ba.Ca.Mg.9H/q;3*+2;;;;6*-1. The molecule has 0 aromatic carbocycles. The van der Waals surface area contributed by atoms with Crippen molar-refractivity contribution in [3.8, 4) is 0 Å². The van der Waals surface area contributed by atoms with Crippen LogP contribution in [0.5, 0.6) is 0 Å². The van der Waals surface area contributed by atoms with Crippen LogP contribution in [0.15, 0.2) is 0 Å². The predicted octanol–water partition coefficient (Wildman–Crippen LogP) is -1.65. The summed E-state index contributed by atoms with van der Waals surface area (Å²) in [5.74, 6) is 0. The Morgan fingerprint density at radius 1 is 1.25 bits per heavy atom. The van der Waals surface area contributed by atoms with Crippen molar-refractivity contribution in [2.24, 2.45) is 0 Å². The van der Waals surface area contributed by atoms with Gasteiger partial charge in [0.25, 0.3) is 0 Å². The first kappa shape index (κ1) is 24.2. The van der Waals surface area contributed by atoms with E-state index in [1.807, 2.05) is 0 Å². The van der Waals surface area contributed by atoms with E-state index in [1.165, 1.54) is 0 Å². The van der Waals surface area contributed by atoms with Gasteiger partial charge in [-0.2, -0.15) is 0 Å². The molecule has 0 bridgehead atoms. The molecule has 0 nitrogen and oxygen atoms in total. The summed E-state index contributed by atoms with van der Waals surface area (Å²) in [4.78, 5) is 0. The molecule has 0 radical (unpaired) electrons. The second kappa shape index (κ2) is 15.7. The zero-order valence-electron chi connectivity index (χ0n) is 8.12. The van der Waals surface area contributed by atoms with E-state index in [4.69, 9.17) is 0 Å². The van der Waals surface area contributed by atoms with Crippen LogP contribution in [-0.2, 0) is 0 Å². The van der Waals surface area contributed by atoms with Crippen molar-refractivity contribution in [1.29, 1.82) is 0 Å². The van der Waals surface area contributed by atoms with Crippen LogP contribution < -0.4 is 0 Å². The molecular weight excluding hydrogens is 229 g/mol. The van der Waals surface area contributed by atoms with Crippen LogP contribution in [0, 0.1) is 0 Å². The van der Waals surface area contributed by atoms with Gasteiger partial charge in [-0.15, -0.1) is 0 Å². The van der Waals surface area contributed by atoms with Crippen molar-refractivity contribution >= 4 is 127 Å². The topological polar surface area (TPSA) is 0 Å². The summed E-state index contributed by atoms with van der Waals surface area (Å²) in [5.41, 5.74) is 0. The molecule has 0 aromatic heterocycles. The van der Waals surface area contributed by atoms with Crippen LogP contribution >= 0.6 is 0 Å². The Hall–Kier alpha value is 4.13. The number of hydrogen-bond donors (Lipinski definition) is 0. The maximum Gasteiger partial charge on any atom is 2.00 e. The molecule has 0 atom stereocenters. The molecule has 4 heavy (non-hydrogen) atoms. The van der Waals surface area contributed by atoms with Gasteiger partial charge in [-0.25, -0.2) is 0 Å². The van der Waals surface area contributed by atoms with Crippen molar-refractivity contribution in [3.05, 3.63) is 0 Å². The Morgan fingerprint density at radius 3 is 1.25 bits per heavy atom.